The molecule has 0 unspecified atom stereocenters. The van der Waals surface area contributed by atoms with E-state index >= 15 is 0 Å². The molecule has 138 valence electrons. The Morgan fingerprint density at radius 1 is 0.889 bits per heavy atom. The molecule has 0 aromatic heterocycles. The van der Waals surface area contributed by atoms with Crippen molar-refractivity contribution in [1.82, 2.24) is 0 Å². The third-order valence-electron chi connectivity index (χ3n) is 4.21. The average molecular weight is 363 g/mol. The zero-order valence-electron chi connectivity index (χ0n) is 15.7. The standard InChI is InChI=1S/C22H21NO4/c1-21(2,26)11-10-14-8-9-17-18(12-14)20(25)23(19(17)24)16-7-5-6-15(13-16)22(3,4)27/h5-9,12-13,26-27H,1-4H3. The smallest absolute Gasteiger partial charge is 0.266 e. The molecule has 2 N–H and O–H groups in total. The van der Waals surface area contributed by atoms with Gasteiger partial charge >= 0.3 is 0 Å². The summed E-state index contributed by atoms with van der Waals surface area (Å²) >= 11 is 0. The van der Waals surface area contributed by atoms with E-state index < -0.39 is 23.0 Å². The van der Waals surface area contributed by atoms with E-state index in [1.54, 1.807) is 70.2 Å². The number of aliphatic hydroxyl groups is 2. The SMILES string of the molecule is CC(C)(O)C#Cc1ccc2c(c1)C(=O)N(c1cccc(C(C)(C)O)c1)C2=O. The quantitative estimate of drug-likeness (QED) is 0.635. The molecular formula is C22H21NO4. The van der Waals surface area contributed by atoms with Crippen molar-refractivity contribution >= 4 is 17.5 Å². The van der Waals surface area contributed by atoms with E-state index in [0.29, 0.717) is 22.4 Å². The molecule has 1 aliphatic rings. The van der Waals surface area contributed by atoms with Gasteiger partial charge in [0.1, 0.15) is 5.60 Å². The van der Waals surface area contributed by atoms with E-state index in [1.807, 2.05) is 0 Å². The average Bonchev–Trinajstić information content (AvgIpc) is 2.82. The minimum absolute atomic E-state index is 0.274. The Balaban J connectivity index is 2.01. The molecule has 1 aliphatic heterocycles. The van der Waals surface area contributed by atoms with E-state index in [-0.39, 0.29) is 5.56 Å². The molecule has 2 aromatic rings. The van der Waals surface area contributed by atoms with Crippen molar-refractivity contribution in [2.45, 2.75) is 38.9 Å². The van der Waals surface area contributed by atoms with Gasteiger partial charge in [-0.25, -0.2) is 4.90 Å². The summed E-state index contributed by atoms with van der Waals surface area (Å²) in [7, 11) is 0. The lowest BCUT2D eigenvalue weighted by Gasteiger charge is -2.21. The first-order chi connectivity index (χ1) is 12.5. The van der Waals surface area contributed by atoms with Gasteiger partial charge < -0.3 is 10.2 Å². The predicted octanol–water partition coefficient (Wildman–Crippen LogP) is 2.84. The molecule has 1 heterocycles. The first-order valence-electron chi connectivity index (χ1n) is 8.59. The van der Waals surface area contributed by atoms with Crippen LogP contribution >= 0.6 is 0 Å². The minimum atomic E-state index is -1.15. The summed E-state index contributed by atoms with van der Waals surface area (Å²) in [5.74, 6) is 4.66. The Labute approximate surface area is 158 Å². The van der Waals surface area contributed by atoms with Gasteiger partial charge in [0.25, 0.3) is 11.8 Å². The Morgan fingerprint density at radius 3 is 2.19 bits per heavy atom. The lowest BCUT2D eigenvalue weighted by Crippen LogP contribution is -2.29. The summed E-state index contributed by atoms with van der Waals surface area (Å²) in [4.78, 5) is 26.7. The molecule has 0 atom stereocenters. The highest BCUT2D eigenvalue weighted by atomic mass is 16.3. The number of hydrogen-bond acceptors (Lipinski definition) is 4. The van der Waals surface area contributed by atoms with Crippen molar-refractivity contribution in [2.24, 2.45) is 0 Å². The maximum Gasteiger partial charge on any atom is 0.266 e. The third-order valence-corrected chi connectivity index (χ3v) is 4.21. The minimum Gasteiger partial charge on any atom is -0.386 e. The number of benzene rings is 2. The predicted molar refractivity (Wildman–Crippen MR) is 102 cm³/mol. The molecular weight excluding hydrogens is 342 g/mol. The van der Waals surface area contributed by atoms with Crippen molar-refractivity contribution in [3.63, 3.8) is 0 Å². The molecule has 5 heteroatoms. The van der Waals surface area contributed by atoms with E-state index in [9.17, 15) is 19.8 Å². The van der Waals surface area contributed by atoms with Gasteiger partial charge in [0.2, 0.25) is 0 Å². The molecule has 2 amide bonds. The number of rotatable bonds is 2. The maximum absolute atomic E-state index is 12.9. The summed E-state index contributed by atoms with van der Waals surface area (Å²) in [5, 5.41) is 19.9. The van der Waals surface area contributed by atoms with Crippen LogP contribution in [0.5, 0.6) is 0 Å². The lowest BCUT2D eigenvalue weighted by atomic mass is 9.98. The fraction of sp³-hybridized carbons (Fsp3) is 0.273. The Morgan fingerprint density at radius 2 is 1.56 bits per heavy atom. The fourth-order valence-corrected chi connectivity index (χ4v) is 2.80. The van der Waals surface area contributed by atoms with Gasteiger partial charge in [0.05, 0.1) is 22.4 Å². The van der Waals surface area contributed by atoms with Crippen LogP contribution in [0.25, 0.3) is 0 Å². The van der Waals surface area contributed by atoms with Crippen molar-refractivity contribution in [3.05, 3.63) is 64.7 Å². The van der Waals surface area contributed by atoms with Gasteiger partial charge in [-0.05, 0) is 63.6 Å². The van der Waals surface area contributed by atoms with Crippen LogP contribution in [-0.4, -0.2) is 27.6 Å². The summed E-state index contributed by atoms with van der Waals surface area (Å²) in [6.45, 7) is 6.42. The lowest BCUT2D eigenvalue weighted by molar-refractivity contribution is 0.0783. The Kier molecular flexibility index (Phi) is 4.43. The monoisotopic (exact) mass is 363 g/mol. The topological polar surface area (TPSA) is 77.8 Å². The molecule has 0 saturated heterocycles. The number of anilines is 1. The van der Waals surface area contributed by atoms with Gasteiger partial charge in [-0.15, -0.1) is 0 Å². The van der Waals surface area contributed by atoms with Gasteiger partial charge in [-0.3, -0.25) is 9.59 Å². The van der Waals surface area contributed by atoms with Gasteiger partial charge in [-0.1, -0.05) is 24.0 Å². The van der Waals surface area contributed by atoms with E-state index in [4.69, 9.17) is 0 Å². The third kappa shape index (κ3) is 3.77. The van der Waals surface area contributed by atoms with Crippen molar-refractivity contribution in [1.29, 1.82) is 0 Å². The summed E-state index contributed by atoms with van der Waals surface area (Å²) in [6.07, 6.45) is 0. The summed E-state index contributed by atoms with van der Waals surface area (Å²) < 4.78 is 0. The second-order valence-electron chi connectivity index (χ2n) is 7.62. The van der Waals surface area contributed by atoms with Crippen LogP contribution in [0.2, 0.25) is 0 Å². The zero-order valence-corrected chi connectivity index (χ0v) is 15.7. The van der Waals surface area contributed by atoms with Gasteiger partial charge in [-0.2, -0.15) is 0 Å². The molecule has 5 nitrogen and oxygen atoms in total. The first-order valence-corrected chi connectivity index (χ1v) is 8.59. The molecule has 0 spiro atoms. The molecule has 0 saturated carbocycles. The summed E-state index contributed by atoms with van der Waals surface area (Å²) in [6, 6.07) is 11.5. The molecule has 0 aliphatic carbocycles. The molecule has 2 aromatic carbocycles. The molecule has 27 heavy (non-hydrogen) atoms. The second kappa shape index (κ2) is 6.34. The number of carbonyl (C=O) groups is 2. The van der Waals surface area contributed by atoms with Crippen molar-refractivity contribution in [3.8, 4) is 11.8 Å². The number of fused-ring (bicyclic) bond motifs is 1. The summed E-state index contributed by atoms with van der Waals surface area (Å²) in [5.41, 5.74) is -0.0993. The van der Waals surface area contributed by atoms with Crippen LogP contribution in [0.3, 0.4) is 0 Å². The highest BCUT2D eigenvalue weighted by Crippen LogP contribution is 2.31. The number of imide groups is 1. The molecule has 0 bridgehead atoms. The van der Waals surface area contributed by atoms with Crippen LogP contribution in [0.4, 0.5) is 5.69 Å². The molecule has 0 radical (unpaired) electrons. The highest BCUT2D eigenvalue weighted by molar-refractivity contribution is 6.34. The molecule has 0 fully saturated rings. The fourth-order valence-electron chi connectivity index (χ4n) is 2.80. The Hall–Kier alpha value is -2.94. The number of hydrogen-bond donors (Lipinski definition) is 2. The second-order valence-corrected chi connectivity index (χ2v) is 7.62. The Bertz CT molecular complexity index is 997. The van der Waals surface area contributed by atoms with E-state index in [0.717, 1.165) is 4.90 Å². The van der Waals surface area contributed by atoms with Crippen LogP contribution in [0.1, 0.15) is 59.5 Å². The van der Waals surface area contributed by atoms with E-state index in [2.05, 4.69) is 11.8 Å². The van der Waals surface area contributed by atoms with Crippen molar-refractivity contribution < 1.29 is 19.8 Å². The van der Waals surface area contributed by atoms with Gasteiger partial charge in [0, 0.05) is 5.56 Å². The highest BCUT2D eigenvalue weighted by Gasteiger charge is 2.37. The first kappa shape index (κ1) is 18.8. The van der Waals surface area contributed by atoms with Crippen LogP contribution < -0.4 is 4.90 Å². The van der Waals surface area contributed by atoms with Crippen LogP contribution in [0, 0.1) is 11.8 Å². The maximum atomic E-state index is 12.9. The molecule has 3 rings (SSSR count). The number of carbonyl (C=O) groups excluding carboxylic acids is 2. The normalized spacial score (nSPS) is 14.1. The largest absolute Gasteiger partial charge is 0.386 e. The van der Waals surface area contributed by atoms with Crippen molar-refractivity contribution in [2.75, 3.05) is 4.90 Å². The number of nitrogens with zero attached hydrogens (tertiary/aromatic N) is 1. The van der Waals surface area contributed by atoms with Crippen LogP contribution in [0.15, 0.2) is 42.5 Å². The van der Waals surface area contributed by atoms with Crippen LogP contribution in [-0.2, 0) is 5.60 Å². The zero-order chi connectivity index (χ0) is 20.0. The van der Waals surface area contributed by atoms with Gasteiger partial charge in [0.15, 0.2) is 0 Å². The van der Waals surface area contributed by atoms with E-state index in [1.165, 1.54) is 0 Å². The number of amides is 2.